The topological polar surface area (TPSA) is 73.9 Å². The van der Waals surface area contributed by atoms with Gasteiger partial charge in [-0.15, -0.1) is 0 Å². The molecule has 1 aromatic carbocycles. The van der Waals surface area contributed by atoms with Crippen molar-refractivity contribution in [2.24, 2.45) is 5.73 Å². The van der Waals surface area contributed by atoms with E-state index in [4.69, 9.17) is 19.9 Å². The minimum absolute atomic E-state index is 0.180. The van der Waals surface area contributed by atoms with Gasteiger partial charge in [-0.2, -0.15) is 0 Å². The molecule has 2 atom stereocenters. The molecule has 0 aromatic heterocycles. The highest BCUT2D eigenvalue weighted by Crippen LogP contribution is 2.40. The zero-order valence-corrected chi connectivity index (χ0v) is 13.4. The van der Waals surface area contributed by atoms with Crippen LogP contribution in [0.1, 0.15) is 31.7 Å². The number of aliphatic hydroxyl groups is 1. The van der Waals surface area contributed by atoms with Crippen LogP contribution >= 0.6 is 0 Å². The fourth-order valence-electron chi connectivity index (χ4n) is 2.40. The summed E-state index contributed by atoms with van der Waals surface area (Å²) in [6.45, 7) is 2.06. The lowest BCUT2D eigenvalue weighted by molar-refractivity contribution is 0.130. The van der Waals surface area contributed by atoms with Gasteiger partial charge in [0.1, 0.15) is 0 Å². The molecule has 0 heterocycles. The number of benzene rings is 1. The molecular weight excluding hydrogens is 270 g/mol. The van der Waals surface area contributed by atoms with Gasteiger partial charge in [0, 0.05) is 6.04 Å². The number of ether oxygens (including phenoxy) is 3. The smallest absolute Gasteiger partial charge is 0.203 e. The molecule has 0 bridgehead atoms. The van der Waals surface area contributed by atoms with Crippen molar-refractivity contribution >= 4 is 0 Å². The van der Waals surface area contributed by atoms with Gasteiger partial charge >= 0.3 is 0 Å². The summed E-state index contributed by atoms with van der Waals surface area (Å²) >= 11 is 0. The number of rotatable bonds is 9. The predicted octanol–water partition coefficient (Wildman–Crippen LogP) is 2.13. The Hall–Kier alpha value is -1.46. The summed E-state index contributed by atoms with van der Waals surface area (Å²) in [5, 5.41) is 10.1. The van der Waals surface area contributed by atoms with Crippen molar-refractivity contribution in [3.63, 3.8) is 0 Å². The summed E-state index contributed by atoms with van der Waals surface area (Å²) in [6.07, 6.45) is 2.54. The standard InChI is InChI=1S/C16H27NO4/c1-5-6-12(17)13(18)9-7-11-8-10-14(19-2)16(21-4)15(11)20-3/h8,10,12-13,18H,5-7,9,17H2,1-4H3. The number of hydrogen-bond donors (Lipinski definition) is 2. The SMILES string of the molecule is CCCC(N)C(O)CCc1ccc(OC)c(OC)c1OC. The number of aliphatic hydroxyl groups excluding tert-OH is 1. The fourth-order valence-corrected chi connectivity index (χ4v) is 2.40. The lowest BCUT2D eigenvalue weighted by Gasteiger charge is -2.20. The van der Waals surface area contributed by atoms with Crippen molar-refractivity contribution in [2.45, 2.75) is 44.8 Å². The van der Waals surface area contributed by atoms with E-state index < -0.39 is 6.10 Å². The third kappa shape index (κ3) is 4.51. The molecule has 0 aliphatic rings. The summed E-state index contributed by atoms with van der Waals surface area (Å²) in [7, 11) is 4.76. The molecule has 0 fully saturated rings. The number of aryl methyl sites for hydroxylation is 1. The third-order valence-corrected chi connectivity index (χ3v) is 3.61. The Morgan fingerprint density at radius 3 is 2.24 bits per heavy atom. The van der Waals surface area contributed by atoms with Crippen LogP contribution < -0.4 is 19.9 Å². The molecule has 3 N–H and O–H groups in total. The average molecular weight is 297 g/mol. The van der Waals surface area contributed by atoms with Crippen molar-refractivity contribution in [3.8, 4) is 17.2 Å². The highest BCUT2D eigenvalue weighted by Gasteiger charge is 2.18. The molecule has 5 heteroatoms. The van der Waals surface area contributed by atoms with Gasteiger partial charge in [-0.05, 0) is 30.9 Å². The van der Waals surface area contributed by atoms with Crippen LogP contribution in [-0.4, -0.2) is 38.6 Å². The van der Waals surface area contributed by atoms with E-state index in [1.54, 1.807) is 21.3 Å². The minimum Gasteiger partial charge on any atom is -0.493 e. The second-order valence-electron chi connectivity index (χ2n) is 5.05. The van der Waals surface area contributed by atoms with Crippen LogP contribution in [0.4, 0.5) is 0 Å². The van der Waals surface area contributed by atoms with Crippen LogP contribution in [0.15, 0.2) is 12.1 Å². The summed E-state index contributed by atoms with van der Waals surface area (Å²) in [4.78, 5) is 0. The van der Waals surface area contributed by atoms with Gasteiger partial charge in [-0.1, -0.05) is 19.4 Å². The maximum absolute atomic E-state index is 10.1. The summed E-state index contributed by atoms with van der Waals surface area (Å²) in [6, 6.07) is 3.59. The highest BCUT2D eigenvalue weighted by atomic mass is 16.5. The molecule has 2 unspecified atom stereocenters. The van der Waals surface area contributed by atoms with E-state index >= 15 is 0 Å². The first kappa shape index (κ1) is 17.6. The van der Waals surface area contributed by atoms with Crippen molar-refractivity contribution in [2.75, 3.05) is 21.3 Å². The molecule has 1 rings (SSSR count). The van der Waals surface area contributed by atoms with Gasteiger partial charge in [0.15, 0.2) is 11.5 Å². The van der Waals surface area contributed by atoms with Crippen LogP contribution in [0.5, 0.6) is 17.2 Å². The van der Waals surface area contributed by atoms with E-state index in [9.17, 15) is 5.11 Å². The molecule has 0 saturated carbocycles. The Labute approximate surface area is 127 Å². The van der Waals surface area contributed by atoms with Crippen molar-refractivity contribution < 1.29 is 19.3 Å². The van der Waals surface area contributed by atoms with E-state index in [2.05, 4.69) is 6.92 Å². The van der Waals surface area contributed by atoms with Gasteiger partial charge in [0.05, 0.1) is 27.4 Å². The normalized spacial score (nSPS) is 13.6. The van der Waals surface area contributed by atoms with E-state index in [0.717, 1.165) is 18.4 Å². The summed E-state index contributed by atoms with van der Waals surface area (Å²) < 4.78 is 16.0. The zero-order valence-electron chi connectivity index (χ0n) is 13.4. The molecular formula is C16H27NO4. The van der Waals surface area contributed by atoms with E-state index in [1.165, 1.54) is 0 Å². The van der Waals surface area contributed by atoms with Crippen LogP contribution in [-0.2, 0) is 6.42 Å². The van der Waals surface area contributed by atoms with Gasteiger partial charge in [-0.25, -0.2) is 0 Å². The highest BCUT2D eigenvalue weighted by molar-refractivity contribution is 5.55. The lowest BCUT2D eigenvalue weighted by atomic mass is 9.99. The molecule has 1 aromatic rings. The van der Waals surface area contributed by atoms with Crippen molar-refractivity contribution in [3.05, 3.63) is 17.7 Å². The molecule has 0 saturated heterocycles. The minimum atomic E-state index is -0.511. The molecule has 21 heavy (non-hydrogen) atoms. The van der Waals surface area contributed by atoms with Crippen molar-refractivity contribution in [1.29, 1.82) is 0 Å². The third-order valence-electron chi connectivity index (χ3n) is 3.61. The second kappa shape index (κ2) is 8.74. The summed E-state index contributed by atoms with van der Waals surface area (Å²) in [5.41, 5.74) is 6.91. The van der Waals surface area contributed by atoms with Gasteiger partial charge in [0.25, 0.3) is 0 Å². The Kier molecular flexibility index (Phi) is 7.32. The van der Waals surface area contributed by atoms with E-state index in [-0.39, 0.29) is 6.04 Å². The number of methoxy groups -OCH3 is 3. The van der Waals surface area contributed by atoms with Crippen LogP contribution in [0.25, 0.3) is 0 Å². The van der Waals surface area contributed by atoms with Crippen LogP contribution in [0, 0.1) is 0 Å². The van der Waals surface area contributed by atoms with Gasteiger partial charge in [0.2, 0.25) is 5.75 Å². The zero-order chi connectivity index (χ0) is 15.8. The maximum atomic E-state index is 10.1. The predicted molar refractivity (Wildman–Crippen MR) is 83.3 cm³/mol. The largest absolute Gasteiger partial charge is 0.493 e. The quantitative estimate of drug-likeness (QED) is 0.730. The Morgan fingerprint density at radius 1 is 1.05 bits per heavy atom. The van der Waals surface area contributed by atoms with Crippen LogP contribution in [0.3, 0.4) is 0 Å². The lowest BCUT2D eigenvalue weighted by Crippen LogP contribution is -2.34. The van der Waals surface area contributed by atoms with Gasteiger partial charge in [-0.3, -0.25) is 0 Å². The summed E-state index contributed by atoms with van der Waals surface area (Å²) in [5.74, 6) is 1.85. The Bertz CT molecular complexity index is 437. The molecule has 0 spiro atoms. The monoisotopic (exact) mass is 297 g/mol. The molecule has 120 valence electrons. The van der Waals surface area contributed by atoms with Crippen molar-refractivity contribution in [1.82, 2.24) is 0 Å². The van der Waals surface area contributed by atoms with Crippen LogP contribution in [0.2, 0.25) is 0 Å². The molecule has 0 aliphatic carbocycles. The number of nitrogens with two attached hydrogens (primary N) is 1. The average Bonchev–Trinajstić information content (AvgIpc) is 2.51. The first-order valence-electron chi connectivity index (χ1n) is 7.30. The Balaban J connectivity index is 2.84. The fraction of sp³-hybridized carbons (Fsp3) is 0.625. The first-order chi connectivity index (χ1) is 10.1. The molecule has 5 nitrogen and oxygen atoms in total. The molecule has 0 aliphatic heterocycles. The molecule has 0 radical (unpaired) electrons. The number of hydrogen-bond acceptors (Lipinski definition) is 5. The maximum Gasteiger partial charge on any atom is 0.203 e. The molecule has 0 amide bonds. The second-order valence-corrected chi connectivity index (χ2v) is 5.05. The first-order valence-corrected chi connectivity index (χ1v) is 7.30. The van der Waals surface area contributed by atoms with E-state index in [0.29, 0.717) is 30.1 Å². The van der Waals surface area contributed by atoms with Gasteiger partial charge < -0.3 is 25.1 Å². The Morgan fingerprint density at radius 2 is 1.71 bits per heavy atom. The van der Waals surface area contributed by atoms with E-state index in [1.807, 2.05) is 12.1 Å².